The van der Waals surface area contributed by atoms with Crippen LogP contribution in [0.5, 0.6) is 0 Å². The summed E-state index contributed by atoms with van der Waals surface area (Å²) in [6.07, 6.45) is 3.77. The zero-order chi connectivity index (χ0) is 11.8. The van der Waals surface area contributed by atoms with Gasteiger partial charge < -0.3 is 10.5 Å². The molecule has 0 atom stereocenters. The Morgan fingerprint density at radius 1 is 1.41 bits per heavy atom. The number of hydrogen-bond acceptors (Lipinski definition) is 4. The molecule has 5 heteroatoms. The summed E-state index contributed by atoms with van der Waals surface area (Å²) in [5.41, 5.74) is 8.95. The average molecular weight is 232 g/mol. The summed E-state index contributed by atoms with van der Waals surface area (Å²) in [5.74, 6) is 0.564. The lowest BCUT2D eigenvalue weighted by atomic mass is 10.1. The second kappa shape index (κ2) is 4.00. The topological polar surface area (TPSA) is 66.0 Å². The highest BCUT2D eigenvalue weighted by Crippen LogP contribution is 2.28. The molecule has 0 saturated carbocycles. The maximum absolute atomic E-state index is 6.02. The molecule has 0 bridgehead atoms. The van der Waals surface area contributed by atoms with E-state index in [0.717, 1.165) is 42.8 Å². The first-order valence-electron chi connectivity index (χ1n) is 5.94. The van der Waals surface area contributed by atoms with Crippen LogP contribution in [0.3, 0.4) is 0 Å². The predicted molar refractivity (Wildman–Crippen MR) is 65.8 cm³/mol. The molecule has 1 aliphatic heterocycles. The largest absolute Gasteiger partial charge is 0.381 e. The van der Waals surface area contributed by atoms with Gasteiger partial charge in [0.05, 0.1) is 0 Å². The maximum Gasteiger partial charge on any atom is 0.202 e. The van der Waals surface area contributed by atoms with Crippen molar-refractivity contribution in [3.8, 4) is 0 Å². The van der Waals surface area contributed by atoms with Crippen molar-refractivity contribution in [1.29, 1.82) is 0 Å². The van der Waals surface area contributed by atoms with E-state index in [9.17, 15) is 0 Å². The molecule has 17 heavy (non-hydrogen) atoms. The van der Waals surface area contributed by atoms with Gasteiger partial charge in [0.2, 0.25) is 5.95 Å². The number of ether oxygens (including phenoxy) is 1. The van der Waals surface area contributed by atoms with Crippen LogP contribution < -0.4 is 5.73 Å². The zero-order valence-electron chi connectivity index (χ0n) is 9.89. The summed E-state index contributed by atoms with van der Waals surface area (Å²) in [4.78, 5) is 8.84. The van der Waals surface area contributed by atoms with Gasteiger partial charge in [-0.3, -0.25) is 4.57 Å². The number of imidazole rings is 1. The highest BCUT2D eigenvalue weighted by atomic mass is 16.5. The molecule has 3 rings (SSSR count). The molecule has 0 aromatic carbocycles. The Morgan fingerprint density at radius 2 is 2.18 bits per heavy atom. The summed E-state index contributed by atoms with van der Waals surface area (Å²) >= 11 is 0. The Morgan fingerprint density at radius 3 is 2.94 bits per heavy atom. The van der Waals surface area contributed by atoms with Crippen molar-refractivity contribution >= 4 is 17.1 Å². The number of nitrogen functional groups attached to an aromatic ring is 1. The smallest absolute Gasteiger partial charge is 0.202 e. The monoisotopic (exact) mass is 232 g/mol. The van der Waals surface area contributed by atoms with Crippen molar-refractivity contribution in [3.63, 3.8) is 0 Å². The molecular formula is C12H16N4O. The van der Waals surface area contributed by atoms with Crippen LogP contribution in [0.4, 0.5) is 5.95 Å². The van der Waals surface area contributed by atoms with Gasteiger partial charge in [-0.2, -0.15) is 0 Å². The third-order valence-corrected chi connectivity index (χ3v) is 3.36. The van der Waals surface area contributed by atoms with Gasteiger partial charge in [0.25, 0.3) is 0 Å². The predicted octanol–water partition coefficient (Wildman–Crippen LogP) is 1.67. The molecule has 5 nitrogen and oxygen atoms in total. The van der Waals surface area contributed by atoms with Gasteiger partial charge in [0, 0.05) is 25.5 Å². The molecule has 1 saturated heterocycles. The maximum atomic E-state index is 6.02. The highest BCUT2D eigenvalue weighted by molar-refractivity contribution is 5.77. The van der Waals surface area contributed by atoms with Gasteiger partial charge in [0.15, 0.2) is 5.65 Å². The number of fused-ring (bicyclic) bond motifs is 1. The molecule has 3 heterocycles. The SMILES string of the molecule is Cc1ccnc2c1nc(N)n2C1CCOCC1. The van der Waals surface area contributed by atoms with E-state index >= 15 is 0 Å². The van der Waals surface area contributed by atoms with Crippen molar-refractivity contribution in [2.45, 2.75) is 25.8 Å². The quantitative estimate of drug-likeness (QED) is 0.812. The van der Waals surface area contributed by atoms with Gasteiger partial charge in [-0.15, -0.1) is 0 Å². The summed E-state index contributed by atoms with van der Waals surface area (Å²) in [6.45, 7) is 3.61. The van der Waals surface area contributed by atoms with Crippen LogP contribution in [-0.2, 0) is 4.74 Å². The molecule has 0 aliphatic carbocycles. The van der Waals surface area contributed by atoms with E-state index in [2.05, 4.69) is 14.5 Å². The average Bonchev–Trinajstić information content (AvgIpc) is 2.68. The number of nitrogens with two attached hydrogens (primary N) is 1. The number of nitrogens with zero attached hydrogens (tertiary/aromatic N) is 3. The second-order valence-corrected chi connectivity index (χ2v) is 4.48. The molecular weight excluding hydrogens is 216 g/mol. The molecule has 1 aliphatic rings. The van der Waals surface area contributed by atoms with Crippen LogP contribution in [0.1, 0.15) is 24.4 Å². The minimum atomic E-state index is 0.364. The third kappa shape index (κ3) is 1.67. The van der Waals surface area contributed by atoms with Crippen molar-refractivity contribution in [3.05, 3.63) is 17.8 Å². The lowest BCUT2D eigenvalue weighted by molar-refractivity contribution is 0.0710. The second-order valence-electron chi connectivity index (χ2n) is 4.48. The Balaban J connectivity index is 2.14. The van der Waals surface area contributed by atoms with Crippen LogP contribution in [0, 0.1) is 6.92 Å². The highest BCUT2D eigenvalue weighted by Gasteiger charge is 2.21. The first-order chi connectivity index (χ1) is 8.27. The number of pyridine rings is 1. The number of aryl methyl sites for hydroxylation is 1. The fourth-order valence-electron chi connectivity index (χ4n) is 2.43. The molecule has 90 valence electrons. The van der Waals surface area contributed by atoms with E-state index < -0.39 is 0 Å². The van der Waals surface area contributed by atoms with Gasteiger partial charge in [-0.05, 0) is 31.4 Å². The van der Waals surface area contributed by atoms with Gasteiger partial charge in [-0.25, -0.2) is 9.97 Å². The van der Waals surface area contributed by atoms with Crippen LogP contribution in [0.25, 0.3) is 11.2 Å². The molecule has 0 amide bonds. The molecule has 0 radical (unpaired) electrons. The Bertz CT molecular complexity index is 543. The fraction of sp³-hybridized carbons (Fsp3) is 0.500. The minimum absolute atomic E-state index is 0.364. The molecule has 2 N–H and O–H groups in total. The summed E-state index contributed by atoms with van der Waals surface area (Å²) < 4.78 is 7.44. The molecule has 1 fully saturated rings. The first-order valence-corrected chi connectivity index (χ1v) is 5.94. The Labute approximate surface area is 99.6 Å². The number of anilines is 1. The Hall–Kier alpha value is -1.62. The third-order valence-electron chi connectivity index (χ3n) is 3.36. The molecule has 0 unspecified atom stereocenters. The zero-order valence-corrected chi connectivity index (χ0v) is 9.89. The van der Waals surface area contributed by atoms with Crippen molar-refractivity contribution < 1.29 is 4.74 Å². The van der Waals surface area contributed by atoms with Gasteiger partial charge in [0.1, 0.15) is 5.52 Å². The van der Waals surface area contributed by atoms with Gasteiger partial charge >= 0.3 is 0 Å². The minimum Gasteiger partial charge on any atom is -0.381 e. The van der Waals surface area contributed by atoms with Crippen LogP contribution >= 0.6 is 0 Å². The van der Waals surface area contributed by atoms with Crippen molar-refractivity contribution in [1.82, 2.24) is 14.5 Å². The molecule has 2 aromatic heterocycles. The molecule has 0 spiro atoms. The van der Waals surface area contributed by atoms with E-state index in [4.69, 9.17) is 10.5 Å². The fourth-order valence-corrected chi connectivity index (χ4v) is 2.43. The van der Waals surface area contributed by atoms with Crippen molar-refractivity contribution in [2.24, 2.45) is 0 Å². The summed E-state index contributed by atoms with van der Waals surface area (Å²) in [7, 11) is 0. The normalized spacial score (nSPS) is 17.7. The van der Waals surface area contributed by atoms with Crippen LogP contribution in [0.15, 0.2) is 12.3 Å². The van der Waals surface area contributed by atoms with E-state index in [-0.39, 0.29) is 0 Å². The van der Waals surface area contributed by atoms with E-state index in [0.29, 0.717) is 12.0 Å². The first kappa shape index (κ1) is 10.5. The van der Waals surface area contributed by atoms with Crippen LogP contribution in [0.2, 0.25) is 0 Å². The number of hydrogen-bond donors (Lipinski definition) is 1. The number of aromatic nitrogens is 3. The van der Waals surface area contributed by atoms with E-state index in [1.165, 1.54) is 0 Å². The lowest BCUT2D eigenvalue weighted by Gasteiger charge is -2.24. The lowest BCUT2D eigenvalue weighted by Crippen LogP contribution is -2.21. The Kier molecular flexibility index (Phi) is 2.48. The standard InChI is InChI=1S/C12H16N4O/c1-8-2-5-14-11-10(8)15-12(13)16(11)9-3-6-17-7-4-9/h2,5,9H,3-4,6-7H2,1H3,(H2,13,15). The summed E-state index contributed by atoms with van der Waals surface area (Å²) in [6, 6.07) is 2.33. The molecule has 2 aromatic rings. The van der Waals surface area contributed by atoms with E-state index in [1.54, 1.807) is 0 Å². The van der Waals surface area contributed by atoms with E-state index in [1.807, 2.05) is 19.2 Å². The van der Waals surface area contributed by atoms with Crippen molar-refractivity contribution in [2.75, 3.05) is 18.9 Å². The van der Waals surface area contributed by atoms with Gasteiger partial charge in [-0.1, -0.05) is 0 Å². The summed E-state index contributed by atoms with van der Waals surface area (Å²) in [5, 5.41) is 0. The van der Waals surface area contributed by atoms with Crippen LogP contribution in [-0.4, -0.2) is 27.7 Å². The number of rotatable bonds is 1.